The summed E-state index contributed by atoms with van der Waals surface area (Å²) < 4.78 is 28.9. The molecule has 26 heavy (non-hydrogen) atoms. The van der Waals surface area contributed by atoms with E-state index in [1.165, 1.54) is 28.6 Å². The first-order valence-electron chi connectivity index (χ1n) is 8.51. The molecule has 9 heteroatoms. The summed E-state index contributed by atoms with van der Waals surface area (Å²) in [5.41, 5.74) is 6.84. The maximum Gasteiger partial charge on any atom is 0.248 e. The molecule has 1 saturated carbocycles. The Kier molecular flexibility index (Phi) is 4.09. The Morgan fingerprint density at radius 3 is 2.54 bits per heavy atom. The van der Waals surface area contributed by atoms with Gasteiger partial charge >= 0.3 is 0 Å². The van der Waals surface area contributed by atoms with E-state index in [9.17, 15) is 18.3 Å². The third kappa shape index (κ3) is 3.02. The molecule has 1 amide bonds. The molecule has 8 nitrogen and oxygen atoms in total. The van der Waals surface area contributed by atoms with Gasteiger partial charge < -0.3 is 10.8 Å². The van der Waals surface area contributed by atoms with Crippen LogP contribution in [0.25, 0.3) is 0 Å². The molecule has 1 atom stereocenters. The quantitative estimate of drug-likeness (QED) is 0.793. The molecular formula is C17H20N4O4S. The van der Waals surface area contributed by atoms with E-state index >= 15 is 0 Å². The van der Waals surface area contributed by atoms with Gasteiger partial charge in [-0.1, -0.05) is 0 Å². The number of amides is 1. The van der Waals surface area contributed by atoms with Crippen LogP contribution >= 0.6 is 0 Å². The number of aliphatic hydroxyl groups is 1. The number of aliphatic hydroxyl groups excluding tert-OH is 1. The lowest BCUT2D eigenvalue weighted by atomic mass is 10.1. The van der Waals surface area contributed by atoms with Crippen LogP contribution in [0.4, 0.5) is 0 Å². The number of carbonyl (C=O) groups excluding carboxylic acids is 1. The predicted molar refractivity (Wildman–Crippen MR) is 92.5 cm³/mol. The van der Waals surface area contributed by atoms with Crippen molar-refractivity contribution in [2.75, 3.05) is 6.54 Å². The van der Waals surface area contributed by atoms with Gasteiger partial charge in [-0.3, -0.25) is 9.48 Å². The highest BCUT2D eigenvalue weighted by Crippen LogP contribution is 2.40. The van der Waals surface area contributed by atoms with Crippen LogP contribution < -0.4 is 5.73 Å². The molecule has 0 saturated heterocycles. The molecule has 0 spiro atoms. The predicted octanol–water partition coefficient (Wildman–Crippen LogP) is 0.630. The van der Waals surface area contributed by atoms with Crippen LogP contribution in [0.15, 0.2) is 35.2 Å². The second-order valence-electron chi connectivity index (χ2n) is 6.79. The van der Waals surface area contributed by atoms with Crippen LogP contribution in [0.3, 0.4) is 0 Å². The van der Waals surface area contributed by atoms with Gasteiger partial charge in [0.2, 0.25) is 15.9 Å². The lowest BCUT2D eigenvalue weighted by Gasteiger charge is -2.26. The van der Waals surface area contributed by atoms with Gasteiger partial charge in [-0.05, 0) is 49.1 Å². The fourth-order valence-electron chi connectivity index (χ4n) is 3.21. The summed E-state index contributed by atoms with van der Waals surface area (Å²) in [7, 11) is -3.68. The largest absolute Gasteiger partial charge is 0.386 e. The highest BCUT2D eigenvalue weighted by molar-refractivity contribution is 7.89. The summed E-state index contributed by atoms with van der Waals surface area (Å²) in [5, 5.41) is 14.7. The highest BCUT2D eigenvalue weighted by atomic mass is 32.2. The molecule has 2 aliphatic rings. The Morgan fingerprint density at radius 1 is 1.23 bits per heavy atom. The second-order valence-corrected chi connectivity index (χ2v) is 8.73. The van der Waals surface area contributed by atoms with Crippen LogP contribution in [-0.4, -0.2) is 40.1 Å². The Bertz CT molecular complexity index is 948. The molecule has 1 aromatic heterocycles. The number of fused-ring (bicyclic) bond motifs is 1. The number of nitrogens with zero attached hydrogens (tertiary/aromatic N) is 3. The number of primary amides is 1. The second kappa shape index (κ2) is 6.19. The third-order valence-corrected chi connectivity index (χ3v) is 6.79. The van der Waals surface area contributed by atoms with E-state index < -0.39 is 22.0 Å². The zero-order valence-electron chi connectivity index (χ0n) is 14.1. The zero-order valence-corrected chi connectivity index (χ0v) is 14.9. The van der Waals surface area contributed by atoms with E-state index in [4.69, 9.17) is 5.73 Å². The molecule has 0 bridgehead atoms. The van der Waals surface area contributed by atoms with E-state index in [2.05, 4.69) is 5.10 Å². The van der Waals surface area contributed by atoms with E-state index in [1.807, 2.05) is 0 Å². The van der Waals surface area contributed by atoms with Crippen LogP contribution in [0.2, 0.25) is 0 Å². The summed E-state index contributed by atoms with van der Waals surface area (Å²) in [5.74, 6) is -0.326. The first-order chi connectivity index (χ1) is 12.4. The number of aromatic nitrogens is 2. The zero-order chi connectivity index (χ0) is 18.5. The van der Waals surface area contributed by atoms with Gasteiger partial charge in [0, 0.05) is 12.1 Å². The van der Waals surface area contributed by atoms with Crippen molar-refractivity contribution in [3.05, 3.63) is 47.3 Å². The minimum absolute atomic E-state index is 0.119. The Labute approximate surface area is 151 Å². The lowest BCUT2D eigenvalue weighted by molar-refractivity contribution is 0.1000. The third-order valence-electron chi connectivity index (χ3n) is 4.93. The monoisotopic (exact) mass is 376 g/mol. The van der Waals surface area contributed by atoms with Crippen molar-refractivity contribution in [1.29, 1.82) is 0 Å². The first kappa shape index (κ1) is 17.2. The molecule has 3 N–H and O–H groups in total. The SMILES string of the molecule is NC(=O)c1ccc(S(=O)(=O)N2CCn3nc(C(O)C4CC4)cc3C2)cc1. The van der Waals surface area contributed by atoms with Crippen molar-refractivity contribution < 1.29 is 18.3 Å². The van der Waals surface area contributed by atoms with E-state index in [-0.39, 0.29) is 22.9 Å². The normalized spacial score (nSPS) is 19.1. The van der Waals surface area contributed by atoms with Crippen molar-refractivity contribution >= 4 is 15.9 Å². The number of sulfonamides is 1. The molecule has 2 heterocycles. The van der Waals surface area contributed by atoms with Crippen LogP contribution in [0.1, 0.15) is 40.7 Å². The Balaban J connectivity index is 1.56. The molecule has 1 aliphatic carbocycles. The van der Waals surface area contributed by atoms with Crippen LogP contribution in [0, 0.1) is 5.92 Å². The number of benzene rings is 1. The fraction of sp³-hybridized carbons (Fsp3) is 0.412. The fourth-order valence-corrected chi connectivity index (χ4v) is 4.61. The minimum Gasteiger partial charge on any atom is -0.386 e. The van der Waals surface area contributed by atoms with E-state index in [1.54, 1.807) is 10.7 Å². The molecule has 1 unspecified atom stereocenters. The Hall–Kier alpha value is -2.23. The molecule has 1 aliphatic heterocycles. The minimum atomic E-state index is -3.68. The number of rotatable bonds is 5. The summed E-state index contributed by atoms with van der Waals surface area (Å²) in [6, 6.07) is 7.40. The number of nitrogens with two attached hydrogens (primary N) is 1. The molecule has 1 aromatic carbocycles. The van der Waals surface area contributed by atoms with Gasteiger partial charge in [0.25, 0.3) is 0 Å². The van der Waals surface area contributed by atoms with Crippen molar-refractivity contribution in [2.45, 2.75) is 36.9 Å². The van der Waals surface area contributed by atoms with E-state index in [0.29, 0.717) is 18.8 Å². The molecule has 0 radical (unpaired) electrons. The van der Waals surface area contributed by atoms with Crippen molar-refractivity contribution in [1.82, 2.24) is 14.1 Å². The number of hydrogen-bond donors (Lipinski definition) is 2. The average molecular weight is 376 g/mol. The molecule has 2 aromatic rings. The smallest absolute Gasteiger partial charge is 0.248 e. The number of hydrogen-bond acceptors (Lipinski definition) is 5. The average Bonchev–Trinajstić information content (AvgIpc) is 3.39. The summed E-state index contributed by atoms with van der Waals surface area (Å²) >= 11 is 0. The lowest BCUT2D eigenvalue weighted by Crippen LogP contribution is -2.38. The van der Waals surface area contributed by atoms with Crippen molar-refractivity contribution in [3.8, 4) is 0 Å². The molecule has 1 fully saturated rings. The first-order valence-corrected chi connectivity index (χ1v) is 9.95. The summed E-state index contributed by atoms with van der Waals surface area (Å²) in [6.45, 7) is 0.934. The van der Waals surface area contributed by atoms with Gasteiger partial charge in [-0.2, -0.15) is 9.40 Å². The van der Waals surface area contributed by atoms with Crippen LogP contribution in [-0.2, 0) is 23.1 Å². The molecule has 4 rings (SSSR count). The van der Waals surface area contributed by atoms with E-state index in [0.717, 1.165) is 18.5 Å². The topological polar surface area (TPSA) is 119 Å². The summed E-state index contributed by atoms with van der Waals surface area (Å²) in [4.78, 5) is 11.3. The number of carbonyl (C=O) groups is 1. The van der Waals surface area contributed by atoms with Crippen molar-refractivity contribution in [2.24, 2.45) is 11.7 Å². The van der Waals surface area contributed by atoms with Gasteiger partial charge in [0.15, 0.2) is 0 Å². The maximum atomic E-state index is 12.9. The molecule has 138 valence electrons. The standard InChI is InChI=1S/C17H20N4O4S/c18-17(23)12-3-5-14(6-4-12)26(24,25)20-7-8-21-13(10-20)9-15(19-21)16(22)11-1-2-11/h3-6,9,11,16,22H,1-2,7-8,10H2,(H2,18,23). The van der Waals surface area contributed by atoms with Crippen LogP contribution in [0.5, 0.6) is 0 Å². The summed E-state index contributed by atoms with van der Waals surface area (Å²) in [6.07, 6.45) is 1.44. The molecular weight excluding hydrogens is 356 g/mol. The van der Waals surface area contributed by atoms with Crippen molar-refractivity contribution in [3.63, 3.8) is 0 Å². The van der Waals surface area contributed by atoms with Gasteiger partial charge in [0.1, 0.15) is 6.10 Å². The maximum absolute atomic E-state index is 12.9. The van der Waals surface area contributed by atoms with Gasteiger partial charge in [0.05, 0.1) is 29.4 Å². The Morgan fingerprint density at radius 2 is 1.92 bits per heavy atom. The van der Waals surface area contributed by atoms with Gasteiger partial charge in [-0.15, -0.1) is 0 Å². The highest BCUT2D eigenvalue weighted by Gasteiger charge is 2.34. The van der Waals surface area contributed by atoms with Gasteiger partial charge in [-0.25, -0.2) is 8.42 Å².